The Balaban J connectivity index is 1.73. The van der Waals surface area contributed by atoms with Crippen LogP contribution in [-0.2, 0) is 0 Å². The van der Waals surface area contributed by atoms with Crippen LogP contribution in [0.5, 0.6) is 0 Å². The molecule has 2 aromatic carbocycles. The summed E-state index contributed by atoms with van der Waals surface area (Å²) in [4.78, 5) is 0. The molecule has 2 aliphatic heterocycles. The van der Waals surface area contributed by atoms with Crippen molar-refractivity contribution in [2.75, 3.05) is 18.4 Å². The van der Waals surface area contributed by atoms with Crippen LogP contribution >= 0.6 is 0 Å². The Hall–Kier alpha value is -1.87. The fourth-order valence-corrected chi connectivity index (χ4v) is 3.60. The zero-order valence-electron chi connectivity index (χ0n) is 11.9. The number of fused-ring (bicyclic) bond motifs is 3. The lowest BCUT2D eigenvalue weighted by Crippen LogP contribution is -2.25. The van der Waals surface area contributed by atoms with E-state index in [4.69, 9.17) is 0 Å². The van der Waals surface area contributed by atoms with Crippen molar-refractivity contribution in [1.29, 1.82) is 0 Å². The average molecular weight is 282 g/mol. The third-order valence-electron chi connectivity index (χ3n) is 4.67. The van der Waals surface area contributed by atoms with Crippen LogP contribution in [0.2, 0.25) is 0 Å². The van der Waals surface area contributed by atoms with Gasteiger partial charge < -0.3 is 10.6 Å². The molecule has 108 valence electrons. The van der Waals surface area contributed by atoms with Crippen LogP contribution < -0.4 is 10.6 Å². The zero-order chi connectivity index (χ0) is 14.2. The standard InChI is InChI=1S/C18H19FN2/c19-14-4-1-3-12(9-14)13-6-7-18-15(10-13)16-11-20-8-2-5-17(16)21-18/h1,3-4,6-7,9-10,16-17,20-21H,2,5,8,11H2/t16-,17-/m1/s1. The van der Waals surface area contributed by atoms with Gasteiger partial charge in [0.05, 0.1) is 0 Å². The molecule has 0 unspecified atom stereocenters. The Morgan fingerprint density at radius 1 is 1.05 bits per heavy atom. The first kappa shape index (κ1) is 12.8. The van der Waals surface area contributed by atoms with E-state index in [9.17, 15) is 4.39 Å². The first-order valence-electron chi connectivity index (χ1n) is 7.68. The highest BCUT2D eigenvalue weighted by atomic mass is 19.1. The fraction of sp³-hybridized carbons (Fsp3) is 0.333. The minimum Gasteiger partial charge on any atom is -0.381 e. The number of anilines is 1. The van der Waals surface area contributed by atoms with Crippen molar-refractivity contribution in [2.45, 2.75) is 24.8 Å². The lowest BCUT2D eigenvalue weighted by atomic mass is 9.91. The highest BCUT2D eigenvalue weighted by molar-refractivity contribution is 5.71. The molecule has 0 bridgehead atoms. The summed E-state index contributed by atoms with van der Waals surface area (Å²) < 4.78 is 13.4. The van der Waals surface area contributed by atoms with Crippen molar-refractivity contribution < 1.29 is 4.39 Å². The number of hydrogen-bond donors (Lipinski definition) is 2. The lowest BCUT2D eigenvalue weighted by molar-refractivity contribution is 0.580. The molecule has 2 heterocycles. The van der Waals surface area contributed by atoms with Crippen molar-refractivity contribution >= 4 is 5.69 Å². The van der Waals surface area contributed by atoms with E-state index in [1.807, 2.05) is 6.07 Å². The minimum atomic E-state index is -0.180. The molecule has 1 fully saturated rings. The lowest BCUT2D eigenvalue weighted by Gasteiger charge is -2.16. The SMILES string of the molecule is Fc1cccc(-c2ccc3c(c2)[C@H]2CNCCC[C@H]2N3)c1. The van der Waals surface area contributed by atoms with E-state index in [1.165, 1.54) is 30.2 Å². The van der Waals surface area contributed by atoms with Gasteiger partial charge in [0, 0.05) is 24.2 Å². The predicted octanol–water partition coefficient (Wildman–Crippen LogP) is 3.75. The van der Waals surface area contributed by atoms with Gasteiger partial charge in [-0.1, -0.05) is 18.2 Å². The van der Waals surface area contributed by atoms with E-state index < -0.39 is 0 Å². The van der Waals surface area contributed by atoms with Crippen LogP contribution in [0.1, 0.15) is 24.3 Å². The molecule has 2 aliphatic rings. The van der Waals surface area contributed by atoms with E-state index in [0.29, 0.717) is 12.0 Å². The molecule has 2 aromatic rings. The molecule has 0 amide bonds. The van der Waals surface area contributed by atoms with Gasteiger partial charge in [-0.25, -0.2) is 4.39 Å². The second-order valence-electron chi connectivity index (χ2n) is 6.02. The third-order valence-corrected chi connectivity index (χ3v) is 4.67. The Morgan fingerprint density at radius 3 is 2.86 bits per heavy atom. The smallest absolute Gasteiger partial charge is 0.123 e. The largest absolute Gasteiger partial charge is 0.381 e. The Bertz CT molecular complexity index is 668. The molecule has 3 heteroatoms. The van der Waals surface area contributed by atoms with E-state index >= 15 is 0 Å². The topological polar surface area (TPSA) is 24.1 Å². The quantitative estimate of drug-likeness (QED) is 0.832. The van der Waals surface area contributed by atoms with Crippen LogP contribution in [0, 0.1) is 5.82 Å². The monoisotopic (exact) mass is 282 g/mol. The zero-order valence-corrected chi connectivity index (χ0v) is 11.9. The maximum atomic E-state index is 13.4. The first-order valence-corrected chi connectivity index (χ1v) is 7.68. The van der Waals surface area contributed by atoms with Crippen LogP contribution in [-0.4, -0.2) is 19.1 Å². The maximum absolute atomic E-state index is 13.4. The average Bonchev–Trinajstić information content (AvgIpc) is 2.67. The Kier molecular flexibility index (Phi) is 3.15. The molecule has 4 rings (SSSR count). The summed E-state index contributed by atoms with van der Waals surface area (Å²) in [5, 5.41) is 7.18. The van der Waals surface area contributed by atoms with Crippen LogP contribution in [0.25, 0.3) is 11.1 Å². The molecular formula is C18H19FN2. The second-order valence-corrected chi connectivity index (χ2v) is 6.02. The molecule has 2 nitrogen and oxygen atoms in total. The minimum absolute atomic E-state index is 0.180. The van der Waals surface area contributed by atoms with Crippen molar-refractivity contribution in [3.8, 4) is 11.1 Å². The third kappa shape index (κ3) is 2.32. The van der Waals surface area contributed by atoms with Crippen molar-refractivity contribution in [3.63, 3.8) is 0 Å². The van der Waals surface area contributed by atoms with Gasteiger partial charge in [0.15, 0.2) is 0 Å². The molecule has 2 atom stereocenters. The number of benzene rings is 2. The fourth-order valence-electron chi connectivity index (χ4n) is 3.60. The predicted molar refractivity (Wildman–Crippen MR) is 84.1 cm³/mol. The highest BCUT2D eigenvalue weighted by Gasteiger charge is 2.32. The number of nitrogens with one attached hydrogen (secondary N) is 2. The Morgan fingerprint density at radius 2 is 1.95 bits per heavy atom. The molecule has 0 aromatic heterocycles. The maximum Gasteiger partial charge on any atom is 0.123 e. The molecule has 0 radical (unpaired) electrons. The highest BCUT2D eigenvalue weighted by Crippen LogP contribution is 2.40. The van der Waals surface area contributed by atoms with Gasteiger partial charge in [0.2, 0.25) is 0 Å². The van der Waals surface area contributed by atoms with Gasteiger partial charge in [0.25, 0.3) is 0 Å². The van der Waals surface area contributed by atoms with Crippen molar-refractivity contribution in [1.82, 2.24) is 5.32 Å². The van der Waals surface area contributed by atoms with Crippen LogP contribution in [0.15, 0.2) is 42.5 Å². The Labute approximate surface area is 124 Å². The van der Waals surface area contributed by atoms with Gasteiger partial charge in [-0.05, 0) is 60.3 Å². The molecular weight excluding hydrogens is 263 g/mol. The van der Waals surface area contributed by atoms with Gasteiger partial charge in [-0.15, -0.1) is 0 Å². The molecule has 0 spiro atoms. The summed E-state index contributed by atoms with van der Waals surface area (Å²) in [6.45, 7) is 2.13. The van der Waals surface area contributed by atoms with E-state index in [0.717, 1.165) is 24.2 Å². The summed E-state index contributed by atoms with van der Waals surface area (Å²) >= 11 is 0. The van der Waals surface area contributed by atoms with Crippen LogP contribution in [0.4, 0.5) is 10.1 Å². The van der Waals surface area contributed by atoms with E-state index in [2.05, 4.69) is 28.8 Å². The molecule has 1 saturated heterocycles. The summed E-state index contributed by atoms with van der Waals surface area (Å²) in [5.41, 5.74) is 4.66. The number of hydrogen-bond acceptors (Lipinski definition) is 2. The van der Waals surface area contributed by atoms with Crippen LogP contribution in [0.3, 0.4) is 0 Å². The summed E-state index contributed by atoms with van der Waals surface area (Å²) in [6.07, 6.45) is 2.43. The number of rotatable bonds is 1. The number of halogens is 1. The van der Waals surface area contributed by atoms with E-state index in [-0.39, 0.29) is 5.82 Å². The van der Waals surface area contributed by atoms with Gasteiger partial charge in [-0.2, -0.15) is 0 Å². The molecule has 0 aliphatic carbocycles. The first-order chi connectivity index (χ1) is 10.3. The van der Waals surface area contributed by atoms with Gasteiger partial charge >= 0.3 is 0 Å². The second kappa shape index (κ2) is 5.15. The van der Waals surface area contributed by atoms with Gasteiger partial charge in [-0.3, -0.25) is 0 Å². The molecule has 21 heavy (non-hydrogen) atoms. The summed E-state index contributed by atoms with van der Waals surface area (Å²) in [6, 6.07) is 13.8. The van der Waals surface area contributed by atoms with Crippen molar-refractivity contribution in [3.05, 3.63) is 53.8 Å². The van der Waals surface area contributed by atoms with E-state index in [1.54, 1.807) is 12.1 Å². The summed E-state index contributed by atoms with van der Waals surface area (Å²) in [7, 11) is 0. The van der Waals surface area contributed by atoms with Crippen molar-refractivity contribution in [2.24, 2.45) is 0 Å². The molecule has 2 N–H and O–H groups in total. The normalized spacial score (nSPS) is 23.9. The summed E-state index contributed by atoms with van der Waals surface area (Å²) in [5.74, 6) is 0.344. The van der Waals surface area contributed by atoms with Gasteiger partial charge in [0.1, 0.15) is 5.82 Å². The molecule has 0 saturated carbocycles.